The lowest BCUT2D eigenvalue weighted by Gasteiger charge is -2.29. The molecule has 1 aromatic carbocycles. The molecule has 1 N–H and O–H groups in total. The zero-order chi connectivity index (χ0) is 23.1. The average molecular weight is 435 g/mol. The molecule has 2 heterocycles. The Bertz CT molecular complexity index is 1060. The molecule has 1 unspecified atom stereocenters. The zero-order valence-electron chi connectivity index (χ0n) is 19.0. The zero-order valence-corrected chi connectivity index (χ0v) is 19.0. The van der Waals surface area contributed by atoms with Gasteiger partial charge in [0.2, 0.25) is 5.88 Å². The van der Waals surface area contributed by atoms with Gasteiger partial charge in [0, 0.05) is 50.7 Å². The van der Waals surface area contributed by atoms with Crippen molar-refractivity contribution < 1.29 is 14.3 Å². The number of hydrogen-bond donors (Lipinski definition) is 1. The van der Waals surface area contributed by atoms with Crippen molar-refractivity contribution in [3.63, 3.8) is 0 Å². The van der Waals surface area contributed by atoms with Crippen LogP contribution in [0.3, 0.4) is 0 Å². The summed E-state index contributed by atoms with van der Waals surface area (Å²) in [5.41, 5.74) is 3.09. The number of ether oxygens (including phenoxy) is 1. The average Bonchev–Trinajstić information content (AvgIpc) is 3.24. The molecule has 0 saturated carbocycles. The third-order valence-electron chi connectivity index (χ3n) is 5.64. The van der Waals surface area contributed by atoms with Crippen molar-refractivity contribution in [3.8, 4) is 5.88 Å². The third kappa shape index (κ3) is 5.55. The van der Waals surface area contributed by atoms with Crippen LogP contribution in [0.1, 0.15) is 38.4 Å². The molecular weight excluding hydrogens is 404 g/mol. The van der Waals surface area contributed by atoms with Gasteiger partial charge in [0.25, 0.3) is 11.8 Å². The van der Waals surface area contributed by atoms with Crippen molar-refractivity contribution in [3.05, 3.63) is 83.3 Å². The molecule has 7 heteroatoms. The maximum atomic E-state index is 13.3. The van der Waals surface area contributed by atoms with Crippen LogP contribution in [-0.2, 0) is 13.5 Å². The summed E-state index contributed by atoms with van der Waals surface area (Å²) >= 11 is 0. The van der Waals surface area contributed by atoms with Crippen molar-refractivity contribution >= 4 is 11.8 Å². The summed E-state index contributed by atoms with van der Waals surface area (Å²) in [5, 5.41) is 2.98. The van der Waals surface area contributed by atoms with Gasteiger partial charge in [-0.3, -0.25) is 9.59 Å². The summed E-state index contributed by atoms with van der Waals surface area (Å²) < 4.78 is 6.98. The second-order valence-corrected chi connectivity index (χ2v) is 7.85. The molecule has 0 bridgehead atoms. The molecule has 32 heavy (non-hydrogen) atoms. The van der Waals surface area contributed by atoms with Crippen LogP contribution >= 0.6 is 0 Å². The summed E-state index contributed by atoms with van der Waals surface area (Å²) in [4.78, 5) is 31.7. The lowest BCUT2D eigenvalue weighted by Crippen LogP contribution is -2.41. The molecule has 3 aromatic rings. The molecule has 0 aliphatic rings. The predicted octanol–water partition coefficient (Wildman–Crippen LogP) is 3.24. The summed E-state index contributed by atoms with van der Waals surface area (Å²) in [6.07, 6.45) is 4.79. The number of carbonyl (C=O) groups excluding carboxylic acids is 2. The number of methoxy groups -OCH3 is 1. The normalized spacial score (nSPS) is 11.6. The molecule has 2 amide bonds. The van der Waals surface area contributed by atoms with Crippen LogP contribution in [0.4, 0.5) is 0 Å². The number of pyridine rings is 1. The number of aromatic nitrogens is 2. The number of hydrogen-bond acceptors (Lipinski definition) is 4. The Balaban J connectivity index is 1.75. The van der Waals surface area contributed by atoms with E-state index in [0.29, 0.717) is 36.5 Å². The topological polar surface area (TPSA) is 76.5 Å². The Morgan fingerprint density at radius 3 is 2.59 bits per heavy atom. The Morgan fingerprint density at radius 1 is 1.19 bits per heavy atom. The number of benzene rings is 1. The number of rotatable bonds is 9. The predicted molar refractivity (Wildman–Crippen MR) is 124 cm³/mol. The second kappa shape index (κ2) is 10.6. The lowest BCUT2D eigenvalue weighted by atomic mass is 10.0. The van der Waals surface area contributed by atoms with Gasteiger partial charge < -0.3 is 19.5 Å². The monoisotopic (exact) mass is 434 g/mol. The van der Waals surface area contributed by atoms with Gasteiger partial charge in [-0.15, -0.1) is 0 Å². The molecule has 0 spiro atoms. The Hall–Kier alpha value is -3.61. The van der Waals surface area contributed by atoms with Crippen LogP contribution in [0.2, 0.25) is 0 Å². The summed E-state index contributed by atoms with van der Waals surface area (Å²) in [5.74, 6) is 0.180. The van der Waals surface area contributed by atoms with Crippen molar-refractivity contribution in [2.75, 3.05) is 20.7 Å². The number of amides is 2. The first-order valence-corrected chi connectivity index (χ1v) is 10.6. The van der Waals surface area contributed by atoms with Crippen LogP contribution in [-0.4, -0.2) is 53.0 Å². The molecule has 0 aliphatic carbocycles. The lowest BCUT2D eigenvalue weighted by molar-refractivity contribution is 0.0721. The van der Waals surface area contributed by atoms with Gasteiger partial charge >= 0.3 is 0 Å². The Labute approximate surface area is 189 Å². The molecule has 168 valence electrons. The fraction of sp³-hybridized carbons (Fsp3) is 0.320. The molecule has 0 saturated heterocycles. The minimum atomic E-state index is -0.125. The first kappa shape index (κ1) is 23.1. The molecule has 1 atom stereocenters. The quantitative estimate of drug-likeness (QED) is 0.561. The van der Waals surface area contributed by atoms with E-state index < -0.39 is 0 Å². The second-order valence-electron chi connectivity index (χ2n) is 7.85. The van der Waals surface area contributed by atoms with Crippen LogP contribution < -0.4 is 10.1 Å². The standard InChI is InChI=1S/C25H30N4O3/c1-18-17-27-23(32-4)16-21(18)25(31)29(3)20(15-19-9-6-5-7-10-19)12-13-26-24(30)22-11-8-14-28(22)2/h5-11,14,16-17,20H,12-13,15H2,1-4H3,(H,26,30). The van der Waals surface area contributed by atoms with Gasteiger partial charge in [-0.05, 0) is 43.0 Å². The van der Waals surface area contributed by atoms with E-state index in [1.807, 2.05) is 44.4 Å². The molecule has 0 radical (unpaired) electrons. The molecule has 7 nitrogen and oxygen atoms in total. The fourth-order valence-corrected chi connectivity index (χ4v) is 3.66. The number of carbonyl (C=O) groups is 2. The van der Waals surface area contributed by atoms with E-state index in [0.717, 1.165) is 11.1 Å². The highest BCUT2D eigenvalue weighted by molar-refractivity contribution is 5.96. The minimum Gasteiger partial charge on any atom is -0.481 e. The van der Waals surface area contributed by atoms with Crippen molar-refractivity contribution in [1.29, 1.82) is 0 Å². The number of aryl methyl sites for hydroxylation is 2. The first-order valence-electron chi connectivity index (χ1n) is 10.6. The summed E-state index contributed by atoms with van der Waals surface area (Å²) in [6, 6.07) is 15.2. The molecular formula is C25H30N4O3. The van der Waals surface area contributed by atoms with E-state index in [9.17, 15) is 9.59 Å². The van der Waals surface area contributed by atoms with Crippen molar-refractivity contribution in [2.45, 2.75) is 25.8 Å². The van der Waals surface area contributed by atoms with Crippen LogP contribution in [0.25, 0.3) is 0 Å². The fourth-order valence-electron chi connectivity index (χ4n) is 3.66. The van der Waals surface area contributed by atoms with E-state index in [1.54, 1.807) is 34.8 Å². The largest absolute Gasteiger partial charge is 0.481 e. The van der Waals surface area contributed by atoms with Crippen molar-refractivity contribution in [1.82, 2.24) is 19.8 Å². The molecule has 3 rings (SSSR count). The smallest absolute Gasteiger partial charge is 0.267 e. The highest BCUT2D eigenvalue weighted by atomic mass is 16.5. The maximum absolute atomic E-state index is 13.3. The third-order valence-corrected chi connectivity index (χ3v) is 5.64. The van der Waals surface area contributed by atoms with Crippen molar-refractivity contribution in [2.24, 2.45) is 7.05 Å². The van der Waals surface area contributed by atoms with E-state index in [4.69, 9.17) is 4.74 Å². The van der Waals surface area contributed by atoms with Crippen LogP contribution in [0.5, 0.6) is 5.88 Å². The van der Waals surface area contributed by atoms with Crippen LogP contribution in [0, 0.1) is 6.92 Å². The van der Waals surface area contributed by atoms with Gasteiger partial charge in [-0.1, -0.05) is 30.3 Å². The minimum absolute atomic E-state index is 0.0992. The molecule has 0 fully saturated rings. The number of nitrogens with one attached hydrogen (secondary N) is 1. The van der Waals surface area contributed by atoms with E-state index in [-0.39, 0.29) is 17.9 Å². The summed E-state index contributed by atoms with van der Waals surface area (Å²) in [7, 11) is 5.18. The maximum Gasteiger partial charge on any atom is 0.267 e. The molecule has 0 aliphatic heterocycles. The van der Waals surface area contributed by atoms with E-state index >= 15 is 0 Å². The van der Waals surface area contributed by atoms with E-state index in [2.05, 4.69) is 22.4 Å². The SMILES string of the molecule is COc1cc(C(=O)N(C)C(CCNC(=O)c2cccn2C)Cc2ccccc2)c(C)cn1. The van der Waals surface area contributed by atoms with Gasteiger partial charge in [0.1, 0.15) is 5.69 Å². The van der Waals surface area contributed by atoms with Gasteiger partial charge in [-0.25, -0.2) is 4.98 Å². The van der Waals surface area contributed by atoms with Crippen LogP contribution in [0.15, 0.2) is 60.9 Å². The van der Waals surface area contributed by atoms with Gasteiger partial charge in [0.15, 0.2) is 0 Å². The first-order chi connectivity index (χ1) is 15.4. The van der Waals surface area contributed by atoms with Gasteiger partial charge in [-0.2, -0.15) is 0 Å². The Morgan fingerprint density at radius 2 is 1.94 bits per heavy atom. The van der Waals surface area contributed by atoms with Gasteiger partial charge in [0.05, 0.1) is 7.11 Å². The number of likely N-dealkylation sites (N-methyl/N-ethyl adjacent to an activating group) is 1. The Kier molecular flexibility index (Phi) is 7.65. The summed E-state index contributed by atoms with van der Waals surface area (Å²) in [6.45, 7) is 2.32. The van der Waals surface area contributed by atoms with E-state index in [1.165, 1.54) is 7.11 Å². The highest BCUT2D eigenvalue weighted by Gasteiger charge is 2.24. The highest BCUT2D eigenvalue weighted by Crippen LogP contribution is 2.19. The number of nitrogens with zero attached hydrogens (tertiary/aromatic N) is 3. The molecule has 2 aromatic heterocycles.